The van der Waals surface area contributed by atoms with E-state index in [4.69, 9.17) is 0 Å². The summed E-state index contributed by atoms with van der Waals surface area (Å²) in [6.07, 6.45) is 3.03. The molecule has 0 saturated carbocycles. The van der Waals surface area contributed by atoms with E-state index in [9.17, 15) is 8.42 Å². The van der Waals surface area contributed by atoms with E-state index in [2.05, 4.69) is 12.2 Å². The van der Waals surface area contributed by atoms with E-state index in [0.717, 1.165) is 37.9 Å². The van der Waals surface area contributed by atoms with E-state index in [1.807, 2.05) is 19.1 Å². The molecule has 1 N–H and O–H groups in total. The number of nitrogens with zero attached hydrogens (tertiary/aromatic N) is 1. The summed E-state index contributed by atoms with van der Waals surface area (Å²) in [5.74, 6) is 0.597. The zero-order chi connectivity index (χ0) is 15.3. The number of benzene rings is 1. The molecule has 118 valence electrons. The monoisotopic (exact) mass is 310 g/mol. The second-order valence-corrected chi connectivity index (χ2v) is 7.72. The first kappa shape index (κ1) is 16.5. The maximum Gasteiger partial charge on any atom is 0.243 e. The highest BCUT2D eigenvalue weighted by molar-refractivity contribution is 7.89. The van der Waals surface area contributed by atoms with Crippen LogP contribution in [0.3, 0.4) is 0 Å². The van der Waals surface area contributed by atoms with Crippen LogP contribution in [0.2, 0.25) is 0 Å². The standard InChI is InChI=1S/C16H26N2O2S/c1-3-10-17-13-15-8-11-18(12-9-15)21(19,20)16-7-5-4-6-14(16)2/h4-7,15,17H,3,8-13H2,1-2H3. The number of hydrogen-bond donors (Lipinski definition) is 1. The van der Waals surface area contributed by atoms with Gasteiger partial charge in [0.2, 0.25) is 10.0 Å². The third-order valence-corrected chi connectivity index (χ3v) is 6.20. The Kier molecular flexibility index (Phi) is 5.79. The topological polar surface area (TPSA) is 49.4 Å². The lowest BCUT2D eigenvalue weighted by Gasteiger charge is -2.31. The van der Waals surface area contributed by atoms with Gasteiger partial charge in [-0.15, -0.1) is 0 Å². The SMILES string of the molecule is CCCNCC1CCN(S(=O)(=O)c2ccccc2C)CC1. The van der Waals surface area contributed by atoms with Crippen molar-refractivity contribution in [2.45, 2.75) is 38.0 Å². The first-order chi connectivity index (χ1) is 10.1. The average molecular weight is 310 g/mol. The third kappa shape index (κ3) is 4.05. The molecular weight excluding hydrogens is 284 g/mol. The fourth-order valence-corrected chi connectivity index (χ4v) is 4.52. The molecule has 5 heteroatoms. The van der Waals surface area contributed by atoms with E-state index in [0.29, 0.717) is 23.9 Å². The van der Waals surface area contributed by atoms with Crippen LogP contribution >= 0.6 is 0 Å². The van der Waals surface area contributed by atoms with Gasteiger partial charge < -0.3 is 5.32 Å². The molecule has 0 spiro atoms. The van der Waals surface area contributed by atoms with Crippen LogP contribution in [-0.2, 0) is 10.0 Å². The minimum atomic E-state index is -3.33. The van der Waals surface area contributed by atoms with Crippen LogP contribution < -0.4 is 5.32 Å². The van der Waals surface area contributed by atoms with Gasteiger partial charge in [-0.3, -0.25) is 0 Å². The lowest BCUT2D eigenvalue weighted by atomic mass is 9.98. The molecular formula is C16H26N2O2S. The van der Waals surface area contributed by atoms with Gasteiger partial charge in [-0.25, -0.2) is 8.42 Å². The summed E-state index contributed by atoms with van der Waals surface area (Å²) in [5, 5.41) is 3.43. The van der Waals surface area contributed by atoms with E-state index in [1.165, 1.54) is 0 Å². The Bertz CT molecular complexity index is 549. The van der Waals surface area contributed by atoms with Gasteiger partial charge in [0.25, 0.3) is 0 Å². The predicted octanol–water partition coefficient (Wildman–Crippen LogP) is 2.40. The molecule has 0 atom stereocenters. The smallest absolute Gasteiger partial charge is 0.243 e. The Morgan fingerprint density at radius 1 is 1.24 bits per heavy atom. The number of rotatable bonds is 6. The zero-order valence-corrected chi connectivity index (χ0v) is 13.8. The first-order valence-electron chi connectivity index (χ1n) is 7.82. The van der Waals surface area contributed by atoms with Gasteiger partial charge in [0.1, 0.15) is 0 Å². The van der Waals surface area contributed by atoms with E-state index < -0.39 is 10.0 Å². The normalized spacial score (nSPS) is 18.0. The second-order valence-electron chi connectivity index (χ2n) is 5.82. The van der Waals surface area contributed by atoms with Crippen molar-refractivity contribution in [1.29, 1.82) is 0 Å². The molecule has 2 rings (SSSR count). The second kappa shape index (κ2) is 7.38. The zero-order valence-electron chi connectivity index (χ0n) is 13.0. The number of hydrogen-bond acceptors (Lipinski definition) is 3. The molecule has 1 aromatic rings. The maximum absolute atomic E-state index is 12.7. The Morgan fingerprint density at radius 2 is 1.90 bits per heavy atom. The first-order valence-corrected chi connectivity index (χ1v) is 9.26. The molecule has 21 heavy (non-hydrogen) atoms. The molecule has 0 aromatic heterocycles. The van der Waals surface area contributed by atoms with Crippen LogP contribution in [0.4, 0.5) is 0 Å². The third-order valence-electron chi connectivity index (χ3n) is 4.14. The summed E-state index contributed by atoms with van der Waals surface area (Å²) in [4.78, 5) is 0.451. The largest absolute Gasteiger partial charge is 0.316 e. The van der Waals surface area contributed by atoms with Crippen LogP contribution in [0.15, 0.2) is 29.2 Å². The van der Waals surface area contributed by atoms with Gasteiger partial charge in [-0.2, -0.15) is 4.31 Å². The summed E-state index contributed by atoms with van der Waals surface area (Å²) in [6, 6.07) is 7.23. The summed E-state index contributed by atoms with van der Waals surface area (Å²) < 4.78 is 27.0. The number of piperidine rings is 1. The van der Waals surface area contributed by atoms with Crippen LogP contribution in [-0.4, -0.2) is 38.9 Å². The quantitative estimate of drug-likeness (QED) is 0.821. The highest BCUT2D eigenvalue weighted by Gasteiger charge is 2.29. The van der Waals surface area contributed by atoms with Gasteiger partial charge in [-0.1, -0.05) is 25.1 Å². The molecule has 0 aliphatic carbocycles. The molecule has 0 amide bonds. The molecule has 0 radical (unpaired) electrons. The number of nitrogens with one attached hydrogen (secondary N) is 1. The molecule has 0 bridgehead atoms. The molecule has 0 unspecified atom stereocenters. The molecule has 1 aliphatic rings. The van der Waals surface area contributed by atoms with Gasteiger partial charge in [-0.05, 0) is 56.8 Å². The van der Waals surface area contributed by atoms with Crippen LogP contribution in [0.1, 0.15) is 31.7 Å². The van der Waals surface area contributed by atoms with Crippen molar-refractivity contribution in [2.24, 2.45) is 5.92 Å². The van der Waals surface area contributed by atoms with Crippen LogP contribution in [0.25, 0.3) is 0 Å². The van der Waals surface area contributed by atoms with Gasteiger partial charge >= 0.3 is 0 Å². The molecule has 1 aromatic carbocycles. The lowest BCUT2D eigenvalue weighted by molar-refractivity contribution is 0.267. The Morgan fingerprint density at radius 3 is 2.52 bits per heavy atom. The van der Waals surface area contributed by atoms with Crippen molar-refractivity contribution in [1.82, 2.24) is 9.62 Å². The number of sulfonamides is 1. The maximum atomic E-state index is 12.7. The lowest BCUT2D eigenvalue weighted by Crippen LogP contribution is -2.41. The van der Waals surface area contributed by atoms with Crippen molar-refractivity contribution >= 4 is 10.0 Å². The number of aryl methyl sites for hydroxylation is 1. The van der Waals surface area contributed by atoms with E-state index >= 15 is 0 Å². The minimum absolute atomic E-state index is 0.451. The molecule has 1 fully saturated rings. The minimum Gasteiger partial charge on any atom is -0.316 e. The van der Waals surface area contributed by atoms with Gasteiger partial charge in [0.15, 0.2) is 0 Å². The highest BCUT2D eigenvalue weighted by Crippen LogP contribution is 2.25. The molecule has 1 aliphatic heterocycles. The summed E-state index contributed by atoms with van der Waals surface area (Å²) in [7, 11) is -3.33. The van der Waals surface area contributed by atoms with Gasteiger partial charge in [0.05, 0.1) is 4.90 Å². The van der Waals surface area contributed by atoms with Crippen LogP contribution in [0.5, 0.6) is 0 Å². The van der Waals surface area contributed by atoms with E-state index in [1.54, 1.807) is 16.4 Å². The van der Waals surface area contributed by atoms with Gasteiger partial charge in [0, 0.05) is 13.1 Å². The Labute approximate surface area is 128 Å². The van der Waals surface area contributed by atoms with E-state index in [-0.39, 0.29) is 0 Å². The Hall–Kier alpha value is -0.910. The summed E-state index contributed by atoms with van der Waals surface area (Å²) in [5.41, 5.74) is 0.823. The van der Waals surface area contributed by atoms with Crippen molar-refractivity contribution in [3.05, 3.63) is 29.8 Å². The average Bonchev–Trinajstić information content (AvgIpc) is 2.48. The fraction of sp³-hybridized carbons (Fsp3) is 0.625. The van der Waals surface area contributed by atoms with Crippen molar-refractivity contribution in [3.63, 3.8) is 0 Å². The fourth-order valence-electron chi connectivity index (χ4n) is 2.82. The highest BCUT2D eigenvalue weighted by atomic mass is 32.2. The van der Waals surface area contributed by atoms with Crippen molar-refractivity contribution < 1.29 is 8.42 Å². The summed E-state index contributed by atoms with van der Waals surface area (Å²) in [6.45, 7) is 7.33. The Balaban J connectivity index is 1.97. The van der Waals surface area contributed by atoms with Crippen LogP contribution in [0, 0.1) is 12.8 Å². The molecule has 1 saturated heterocycles. The van der Waals surface area contributed by atoms with Crippen molar-refractivity contribution in [3.8, 4) is 0 Å². The van der Waals surface area contributed by atoms with Crippen molar-refractivity contribution in [2.75, 3.05) is 26.2 Å². The summed E-state index contributed by atoms with van der Waals surface area (Å²) >= 11 is 0. The molecule has 1 heterocycles. The molecule has 4 nitrogen and oxygen atoms in total. The predicted molar refractivity (Wildman–Crippen MR) is 85.8 cm³/mol.